The minimum absolute atomic E-state index is 0.0530. The highest BCUT2D eigenvalue weighted by atomic mass is 35.5. The molecule has 0 radical (unpaired) electrons. The van der Waals surface area contributed by atoms with Crippen LogP contribution in [0.1, 0.15) is 0 Å². The van der Waals surface area contributed by atoms with E-state index >= 15 is 0 Å². The fourth-order valence-electron chi connectivity index (χ4n) is 2.47. The van der Waals surface area contributed by atoms with Gasteiger partial charge < -0.3 is 4.74 Å². The molecule has 0 saturated heterocycles. The summed E-state index contributed by atoms with van der Waals surface area (Å²) >= 11 is 5.88. The van der Waals surface area contributed by atoms with Crippen molar-refractivity contribution in [3.05, 3.63) is 83.9 Å². The second-order valence-corrected chi connectivity index (χ2v) is 7.79. The SMILES string of the molecule is O=C(COc1ccccc1-c1ccccc1)NNS(=O)(=O)c1ccccc1Cl. The van der Waals surface area contributed by atoms with Gasteiger partial charge in [0.1, 0.15) is 10.6 Å². The summed E-state index contributed by atoms with van der Waals surface area (Å²) in [5, 5.41) is 0.0530. The quantitative estimate of drug-likeness (QED) is 0.578. The zero-order valence-corrected chi connectivity index (χ0v) is 16.2. The van der Waals surface area contributed by atoms with Crippen molar-refractivity contribution in [3.63, 3.8) is 0 Å². The van der Waals surface area contributed by atoms with Gasteiger partial charge in [-0.15, -0.1) is 4.83 Å². The summed E-state index contributed by atoms with van der Waals surface area (Å²) in [6.07, 6.45) is 0. The number of halogens is 1. The lowest BCUT2D eigenvalue weighted by atomic mass is 10.1. The van der Waals surface area contributed by atoms with E-state index < -0.39 is 15.9 Å². The van der Waals surface area contributed by atoms with Gasteiger partial charge in [-0.2, -0.15) is 0 Å². The lowest BCUT2D eigenvalue weighted by Crippen LogP contribution is -2.43. The lowest BCUT2D eigenvalue weighted by Gasteiger charge is -2.12. The molecule has 0 saturated carbocycles. The average Bonchev–Trinajstić information content (AvgIpc) is 2.72. The topological polar surface area (TPSA) is 84.5 Å². The summed E-state index contributed by atoms with van der Waals surface area (Å²) in [6, 6.07) is 22.8. The van der Waals surface area contributed by atoms with Crippen LogP contribution >= 0.6 is 11.6 Å². The smallest absolute Gasteiger partial charge is 0.272 e. The van der Waals surface area contributed by atoms with E-state index in [1.54, 1.807) is 18.2 Å². The van der Waals surface area contributed by atoms with E-state index in [0.29, 0.717) is 5.75 Å². The number of carbonyl (C=O) groups is 1. The molecule has 1 amide bonds. The second-order valence-electron chi connectivity index (χ2n) is 5.73. The number of carbonyl (C=O) groups excluding carboxylic acids is 1. The highest BCUT2D eigenvalue weighted by molar-refractivity contribution is 7.89. The van der Waals surface area contributed by atoms with Crippen LogP contribution in [0.3, 0.4) is 0 Å². The first-order valence-electron chi connectivity index (χ1n) is 8.30. The predicted octanol–water partition coefficient (Wildman–Crippen LogP) is 3.40. The van der Waals surface area contributed by atoms with Gasteiger partial charge in [-0.05, 0) is 23.8 Å². The maximum Gasteiger partial charge on any atom is 0.272 e. The Labute approximate surface area is 168 Å². The molecule has 0 heterocycles. The summed E-state index contributed by atoms with van der Waals surface area (Å²) in [6.45, 7) is -0.366. The molecular formula is C20H17ClN2O4S. The Morgan fingerprint density at radius 2 is 1.54 bits per heavy atom. The van der Waals surface area contributed by atoms with Crippen molar-refractivity contribution in [2.24, 2.45) is 0 Å². The normalized spacial score (nSPS) is 11.0. The molecule has 0 bridgehead atoms. The van der Waals surface area contributed by atoms with E-state index in [4.69, 9.17) is 16.3 Å². The van der Waals surface area contributed by atoms with Crippen LogP contribution in [0.2, 0.25) is 5.02 Å². The molecule has 0 spiro atoms. The number of hydrogen-bond acceptors (Lipinski definition) is 4. The summed E-state index contributed by atoms with van der Waals surface area (Å²) in [5.41, 5.74) is 3.89. The van der Waals surface area contributed by atoms with E-state index in [1.807, 2.05) is 47.3 Å². The Hall–Kier alpha value is -2.87. The summed E-state index contributed by atoms with van der Waals surface area (Å²) in [7, 11) is -3.99. The first-order chi connectivity index (χ1) is 13.5. The second kappa shape index (κ2) is 8.88. The summed E-state index contributed by atoms with van der Waals surface area (Å²) in [4.78, 5) is 13.9. The molecule has 0 aliphatic carbocycles. The molecule has 2 N–H and O–H groups in total. The van der Waals surface area contributed by atoms with Crippen LogP contribution < -0.4 is 15.0 Å². The lowest BCUT2D eigenvalue weighted by molar-refractivity contribution is -0.123. The third kappa shape index (κ3) is 4.89. The van der Waals surface area contributed by atoms with Crippen LogP contribution in [0.15, 0.2) is 83.8 Å². The molecule has 0 fully saturated rings. The summed E-state index contributed by atoms with van der Waals surface area (Å²) < 4.78 is 30.0. The molecule has 0 unspecified atom stereocenters. The van der Waals surface area contributed by atoms with Crippen molar-refractivity contribution < 1.29 is 17.9 Å². The van der Waals surface area contributed by atoms with E-state index in [1.165, 1.54) is 18.2 Å². The molecule has 0 aliphatic rings. The van der Waals surface area contributed by atoms with Gasteiger partial charge in [0, 0.05) is 5.56 Å². The number of hydrogen-bond donors (Lipinski definition) is 2. The number of benzene rings is 3. The van der Waals surface area contributed by atoms with Crippen LogP contribution in [0, 0.1) is 0 Å². The molecule has 0 atom stereocenters. The standard InChI is InChI=1S/C20H17ClN2O4S/c21-17-11-5-7-13-19(17)28(25,26)23-22-20(24)14-27-18-12-6-4-10-16(18)15-8-2-1-3-9-15/h1-13,23H,14H2,(H,22,24). The fourth-order valence-corrected chi connectivity index (χ4v) is 3.85. The van der Waals surface area contributed by atoms with Gasteiger partial charge in [-0.1, -0.05) is 72.3 Å². The molecular weight excluding hydrogens is 400 g/mol. The van der Waals surface area contributed by atoms with Crippen LogP contribution in [0.25, 0.3) is 11.1 Å². The number of hydrazine groups is 1. The van der Waals surface area contributed by atoms with E-state index in [0.717, 1.165) is 11.1 Å². The Bertz CT molecular complexity index is 1070. The third-order valence-corrected chi connectivity index (χ3v) is 5.53. The predicted molar refractivity (Wildman–Crippen MR) is 107 cm³/mol. The van der Waals surface area contributed by atoms with E-state index in [9.17, 15) is 13.2 Å². The number of sulfonamides is 1. The maximum absolute atomic E-state index is 12.2. The van der Waals surface area contributed by atoms with Gasteiger partial charge in [0.05, 0.1) is 5.02 Å². The van der Waals surface area contributed by atoms with Crippen LogP contribution in [0.5, 0.6) is 5.75 Å². The molecule has 3 aromatic rings. The van der Waals surface area contributed by atoms with Gasteiger partial charge in [-0.3, -0.25) is 10.2 Å². The van der Waals surface area contributed by atoms with Gasteiger partial charge in [-0.25, -0.2) is 8.42 Å². The van der Waals surface area contributed by atoms with Gasteiger partial charge in [0.15, 0.2) is 6.61 Å². The molecule has 3 rings (SSSR count). The Morgan fingerprint density at radius 1 is 0.893 bits per heavy atom. The zero-order valence-electron chi connectivity index (χ0n) is 14.6. The minimum Gasteiger partial charge on any atom is -0.483 e. The number of para-hydroxylation sites is 1. The number of ether oxygens (including phenoxy) is 1. The Balaban J connectivity index is 1.62. The first-order valence-corrected chi connectivity index (χ1v) is 10.2. The first kappa shape index (κ1) is 19.9. The highest BCUT2D eigenvalue weighted by Crippen LogP contribution is 2.29. The molecule has 6 nitrogen and oxygen atoms in total. The number of rotatable bonds is 7. The number of amides is 1. The third-order valence-electron chi connectivity index (χ3n) is 3.78. The van der Waals surface area contributed by atoms with E-state index in [2.05, 4.69) is 5.43 Å². The largest absolute Gasteiger partial charge is 0.483 e. The number of nitrogens with one attached hydrogen (secondary N) is 2. The molecule has 0 aromatic heterocycles. The zero-order chi connectivity index (χ0) is 20.0. The molecule has 144 valence electrons. The average molecular weight is 417 g/mol. The molecule has 28 heavy (non-hydrogen) atoms. The van der Waals surface area contributed by atoms with Gasteiger partial charge >= 0.3 is 0 Å². The monoisotopic (exact) mass is 416 g/mol. The van der Waals surface area contributed by atoms with Crippen LogP contribution in [-0.4, -0.2) is 20.9 Å². The van der Waals surface area contributed by atoms with Crippen molar-refractivity contribution in [1.29, 1.82) is 0 Å². The van der Waals surface area contributed by atoms with Crippen LogP contribution in [0.4, 0.5) is 0 Å². The molecule has 8 heteroatoms. The van der Waals surface area contributed by atoms with Crippen molar-refractivity contribution in [3.8, 4) is 16.9 Å². The van der Waals surface area contributed by atoms with E-state index in [-0.39, 0.29) is 16.5 Å². The van der Waals surface area contributed by atoms with Crippen molar-refractivity contribution in [2.45, 2.75) is 4.90 Å². The minimum atomic E-state index is -3.99. The fraction of sp³-hybridized carbons (Fsp3) is 0.0500. The molecule has 0 aliphatic heterocycles. The van der Waals surface area contributed by atoms with Crippen LogP contribution in [-0.2, 0) is 14.8 Å². The van der Waals surface area contributed by atoms with Crippen molar-refractivity contribution >= 4 is 27.5 Å². The maximum atomic E-state index is 12.2. The van der Waals surface area contributed by atoms with Gasteiger partial charge in [0.2, 0.25) is 0 Å². The van der Waals surface area contributed by atoms with Gasteiger partial charge in [0.25, 0.3) is 15.9 Å². The Kier molecular flexibility index (Phi) is 6.30. The Morgan fingerprint density at radius 3 is 2.29 bits per heavy atom. The van der Waals surface area contributed by atoms with Crippen molar-refractivity contribution in [2.75, 3.05) is 6.61 Å². The van der Waals surface area contributed by atoms with Crippen molar-refractivity contribution in [1.82, 2.24) is 10.3 Å². The molecule has 3 aromatic carbocycles. The summed E-state index contributed by atoms with van der Waals surface area (Å²) in [5.74, 6) is -0.142. The highest BCUT2D eigenvalue weighted by Gasteiger charge is 2.18.